The Hall–Kier alpha value is 0.400. The van der Waals surface area contributed by atoms with E-state index in [9.17, 15) is 0 Å². The van der Waals surface area contributed by atoms with Gasteiger partial charge in [-0.1, -0.05) is 48.0 Å². The van der Waals surface area contributed by atoms with Crippen LogP contribution in [0.5, 0.6) is 0 Å². The van der Waals surface area contributed by atoms with Gasteiger partial charge < -0.3 is 9.80 Å². The second-order valence-corrected chi connectivity index (χ2v) is 6.46. The van der Waals surface area contributed by atoms with Crippen LogP contribution >= 0.6 is 15.9 Å². The van der Waals surface area contributed by atoms with Crippen LogP contribution in [0, 0.1) is 0 Å². The molecule has 1 aliphatic heterocycles. The topological polar surface area (TPSA) is 6.48 Å². The van der Waals surface area contributed by atoms with Crippen LogP contribution in [0.3, 0.4) is 0 Å². The quantitative estimate of drug-likeness (QED) is 0.472. The molecule has 3 heteroatoms. The minimum atomic E-state index is 1.18. The Labute approximate surface area is 122 Å². The molecule has 0 aromatic heterocycles. The Kier molecular flexibility index (Phi) is 10.3. The van der Waals surface area contributed by atoms with Gasteiger partial charge in [0.05, 0.1) is 0 Å². The lowest BCUT2D eigenvalue weighted by Gasteiger charge is -2.19. The summed E-state index contributed by atoms with van der Waals surface area (Å²) in [6.07, 6.45) is 11.3. The van der Waals surface area contributed by atoms with Crippen LogP contribution < -0.4 is 0 Å². The molecular weight excluding hydrogens is 288 g/mol. The Morgan fingerprint density at radius 3 is 2.17 bits per heavy atom. The molecule has 0 unspecified atom stereocenters. The third-order valence-corrected chi connectivity index (χ3v) is 4.48. The van der Waals surface area contributed by atoms with Crippen molar-refractivity contribution in [2.45, 2.75) is 51.4 Å². The van der Waals surface area contributed by atoms with Crippen molar-refractivity contribution in [2.24, 2.45) is 0 Å². The number of rotatable bonds is 9. The molecule has 0 bridgehead atoms. The van der Waals surface area contributed by atoms with Gasteiger partial charge >= 0.3 is 0 Å². The van der Waals surface area contributed by atoms with Gasteiger partial charge in [0, 0.05) is 18.4 Å². The van der Waals surface area contributed by atoms with Gasteiger partial charge in [0.15, 0.2) is 0 Å². The molecule has 1 fully saturated rings. The zero-order valence-electron chi connectivity index (χ0n) is 12.2. The highest BCUT2D eigenvalue weighted by Crippen LogP contribution is 2.09. The average molecular weight is 319 g/mol. The van der Waals surface area contributed by atoms with Crippen LogP contribution in [-0.2, 0) is 0 Å². The van der Waals surface area contributed by atoms with E-state index in [4.69, 9.17) is 0 Å². The zero-order valence-corrected chi connectivity index (χ0v) is 13.8. The predicted octanol–water partition coefficient (Wildman–Crippen LogP) is 3.75. The SMILES string of the molecule is CN1CCCN(CCCCCCCCCBr)CC1. The summed E-state index contributed by atoms with van der Waals surface area (Å²) in [6.45, 7) is 6.46. The van der Waals surface area contributed by atoms with Crippen molar-refractivity contribution >= 4 is 15.9 Å². The van der Waals surface area contributed by atoms with Crippen LogP contribution in [0.4, 0.5) is 0 Å². The van der Waals surface area contributed by atoms with Crippen molar-refractivity contribution in [1.29, 1.82) is 0 Å². The van der Waals surface area contributed by atoms with E-state index in [1.165, 1.54) is 89.4 Å². The van der Waals surface area contributed by atoms with Crippen molar-refractivity contribution in [3.05, 3.63) is 0 Å². The minimum Gasteiger partial charge on any atom is -0.305 e. The third-order valence-electron chi connectivity index (χ3n) is 3.92. The summed E-state index contributed by atoms with van der Waals surface area (Å²) in [7, 11) is 2.25. The van der Waals surface area contributed by atoms with E-state index < -0.39 is 0 Å². The van der Waals surface area contributed by atoms with Gasteiger partial charge in [-0.2, -0.15) is 0 Å². The van der Waals surface area contributed by atoms with E-state index in [1.807, 2.05) is 0 Å². The molecule has 108 valence electrons. The summed E-state index contributed by atoms with van der Waals surface area (Å²) in [6, 6.07) is 0. The number of unbranched alkanes of at least 4 members (excludes halogenated alkanes) is 6. The molecule has 0 aromatic carbocycles. The first-order chi connectivity index (χ1) is 8.83. The van der Waals surface area contributed by atoms with E-state index in [-0.39, 0.29) is 0 Å². The first kappa shape index (κ1) is 16.5. The van der Waals surface area contributed by atoms with Crippen LogP contribution in [0.15, 0.2) is 0 Å². The summed E-state index contributed by atoms with van der Waals surface area (Å²) in [5.74, 6) is 0. The average Bonchev–Trinajstić information content (AvgIpc) is 2.58. The monoisotopic (exact) mass is 318 g/mol. The number of likely N-dealkylation sites (N-methyl/N-ethyl adjacent to an activating group) is 1. The maximum atomic E-state index is 3.49. The molecule has 0 aromatic rings. The maximum absolute atomic E-state index is 3.49. The highest BCUT2D eigenvalue weighted by atomic mass is 79.9. The van der Waals surface area contributed by atoms with Crippen molar-refractivity contribution in [3.8, 4) is 0 Å². The lowest BCUT2D eigenvalue weighted by molar-refractivity contribution is 0.270. The molecule has 0 atom stereocenters. The van der Waals surface area contributed by atoms with E-state index in [0.29, 0.717) is 0 Å². The Balaban J connectivity index is 1.88. The molecular formula is C15H31BrN2. The fourth-order valence-electron chi connectivity index (χ4n) is 2.64. The number of halogens is 1. The van der Waals surface area contributed by atoms with Gasteiger partial charge in [-0.3, -0.25) is 0 Å². The smallest absolute Gasteiger partial charge is 0.0109 e. The first-order valence-electron chi connectivity index (χ1n) is 7.80. The fourth-order valence-corrected chi connectivity index (χ4v) is 3.03. The number of alkyl halides is 1. The van der Waals surface area contributed by atoms with Gasteiger partial charge in [0.1, 0.15) is 0 Å². The van der Waals surface area contributed by atoms with E-state index in [2.05, 4.69) is 32.8 Å². The minimum absolute atomic E-state index is 1.18. The number of nitrogens with zero attached hydrogens (tertiary/aromatic N) is 2. The summed E-state index contributed by atoms with van der Waals surface area (Å²) < 4.78 is 0. The third kappa shape index (κ3) is 8.49. The van der Waals surface area contributed by atoms with Crippen molar-refractivity contribution in [3.63, 3.8) is 0 Å². The normalized spacial score (nSPS) is 19.0. The molecule has 0 saturated carbocycles. The van der Waals surface area contributed by atoms with E-state index in [1.54, 1.807) is 0 Å². The van der Waals surface area contributed by atoms with Crippen LogP contribution in [0.2, 0.25) is 0 Å². The van der Waals surface area contributed by atoms with Crippen LogP contribution in [-0.4, -0.2) is 54.9 Å². The maximum Gasteiger partial charge on any atom is 0.0109 e. The predicted molar refractivity (Wildman–Crippen MR) is 84.7 cm³/mol. The van der Waals surface area contributed by atoms with Crippen molar-refractivity contribution in [1.82, 2.24) is 9.80 Å². The van der Waals surface area contributed by atoms with Crippen molar-refractivity contribution in [2.75, 3.05) is 45.1 Å². The molecule has 1 aliphatic rings. The first-order valence-corrected chi connectivity index (χ1v) is 8.92. The number of hydrogen-bond acceptors (Lipinski definition) is 2. The molecule has 1 saturated heterocycles. The second kappa shape index (κ2) is 11.2. The molecule has 2 nitrogen and oxygen atoms in total. The van der Waals surface area contributed by atoms with Gasteiger partial charge in [-0.05, 0) is 45.9 Å². The molecule has 0 aliphatic carbocycles. The van der Waals surface area contributed by atoms with Gasteiger partial charge in [-0.15, -0.1) is 0 Å². The van der Waals surface area contributed by atoms with E-state index in [0.717, 1.165) is 0 Å². The molecule has 1 rings (SSSR count). The summed E-state index contributed by atoms with van der Waals surface area (Å²) in [5, 5.41) is 1.18. The molecule has 0 N–H and O–H groups in total. The summed E-state index contributed by atoms with van der Waals surface area (Å²) >= 11 is 3.49. The van der Waals surface area contributed by atoms with Gasteiger partial charge in [0.25, 0.3) is 0 Å². The highest BCUT2D eigenvalue weighted by molar-refractivity contribution is 9.09. The molecule has 0 radical (unpaired) electrons. The Morgan fingerprint density at radius 1 is 0.778 bits per heavy atom. The summed E-state index contributed by atoms with van der Waals surface area (Å²) in [4.78, 5) is 5.12. The lowest BCUT2D eigenvalue weighted by Crippen LogP contribution is -2.29. The highest BCUT2D eigenvalue weighted by Gasteiger charge is 2.10. The van der Waals surface area contributed by atoms with Crippen molar-refractivity contribution < 1.29 is 0 Å². The molecule has 18 heavy (non-hydrogen) atoms. The summed E-state index contributed by atoms with van der Waals surface area (Å²) in [5.41, 5.74) is 0. The fraction of sp³-hybridized carbons (Fsp3) is 1.00. The Morgan fingerprint density at radius 2 is 1.44 bits per heavy atom. The van der Waals surface area contributed by atoms with Gasteiger partial charge in [0.2, 0.25) is 0 Å². The second-order valence-electron chi connectivity index (χ2n) is 5.66. The van der Waals surface area contributed by atoms with Crippen LogP contribution in [0.1, 0.15) is 51.4 Å². The molecule has 0 amide bonds. The molecule has 0 spiro atoms. The Bertz CT molecular complexity index is 187. The lowest BCUT2D eigenvalue weighted by atomic mass is 10.1. The van der Waals surface area contributed by atoms with Gasteiger partial charge in [-0.25, -0.2) is 0 Å². The largest absolute Gasteiger partial charge is 0.305 e. The molecule has 1 heterocycles. The number of hydrogen-bond donors (Lipinski definition) is 0. The van der Waals surface area contributed by atoms with E-state index >= 15 is 0 Å². The zero-order chi connectivity index (χ0) is 13.1. The van der Waals surface area contributed by atoms with Crippen LogP contribution in [0.25, 0.3) is 0 Å². The standard InChI is InChI=1S/C15H31BrN2/c1-17-11-9-13-18(15-14-17)12-8-6-4-2-3-5-7-10-16/h2-15H2,1H3.